The molecule has 0 aliphatic carbocycles. The minimum absolute atomic E-state index is 0.529. The number of nitrogens with zero attached hydrogens (tertiary/aromatic N) is 2. The molecule has 1 N–H and O–H groups in total. The van der Waals surface area contributed by atoms with Crippen LogP contribution < -0.4 is 10.1 Å². The number of halogens is 1. The van der Waals surface area contributed by atoms with Gasteiger partial charge in [-0.15, -0.1) is 0 Å². The van der Waals surface area contributed by atoms with E-state index in [9.17, 15) is 0 Å². The van der Waals surface area contributed by atoms with Crippen LogP contribution in [0.15, 0.2) is 40.4 Å². The minimum Gasteiger partial charge on any atom is -0.497 e. The lowest BCUT2D eigenvalue weighted by Gasteiger charge is -2.06. The first kappa shape index (κ1) is 13.0. The number of anilines is 1. The summed E-state index contributed by atoms with van der Waals surface area (Å²) in [6.45, 7) is 0. The van der Waals surface area contributed by atoms with Gasteiger partial charge in [-0.05, 0) is 18.2 Å². The Labute approximate surface area is 115 Å². The van der Waals surface area contributed by atoms with E-state index in [2.05, 4.69) is 15.3 Å². The summed E-state index contributed by atoms with van der Waals surface area (Å²) >= 11 is 7.54. The number of hydrogen-bond donors (Lipinski definition) is 1. The Kier molecular flexibility index (Phi) is 4.28. The summed E-state index contributed by atoms with van der Waals surface area (Å²) in [7, 11) is 3.41. The summed E-state index contributed by atoms with van der Waals surface area (Å²) in [6, 6.07) is 7.73. The molecule has 4 nitrogen and oxygen atoms in total. The standard InChI is InChI=1S/C12H12ClN3OS/c1-14-12-15-7-10(13)11(16-12)18-9-5-3-4-8(6-9)17-2/h3-7H,1-2H3,(H,14,15,16). The van der Waals surface area contributed by atoms with Gasteiger partial charge in [0.25, 0.3) is 0 Å². The van der Waals surface area contributed by atoms with Gasteiger partial charge in [0, 0.05) is 11.9 Å². The summed E-state index contributed by atoms with van der Waals surface area (Å²) < 4.78 is 5.18. The van der Waals surface area contributed by atoms with Crippen LogP contribution in [-0.4, -0.2) is 24.1 Å². The van der Waals surface area contributed by atoms with E-state index in [1.165, 1.54) is 11.8 Å². The van der Waals surface area contributed by atoms with Gasteiger partial charge in [0.1, 0.15) is 10.8 Å². The summed E-state index contributed by atoms with van der Waals surface area (Å²) in [4.78, 5) is 9.36. The average Bonchev–Trinajstić information content (AvgIpc) is 2.41. The van der Waals surface area contributed by atoms with Crippen molar-refractivity contribution in [2.45, 2.75) is 9.92 Å². The third-order valence-corrected chi connectivity index (χ3v) is 3.57. The number of ether oxygens (including phenoxy) is 1. The molecule has 1 heterocycles. The van der Waals surface area contributed by atoms with Crippen molar-refractivity contribution < 1.29 is 4.74 Å². The SMILES string of the molecule is CNc1ncc(Cl)c(Sc2cccc(OC)c2)n1. The summed E-state index contributed by atoms with van der Waals surface area (Å²) in [5, 5.41) is 4.13. The second kappa shape index (κ2) is 5.93. The van der Waals surface area contributed by atoms with Crippen LogP contribution in [-0.2, 0) is 0 Å². The molecule has 0 aliphatic rings. The maximum Gasteiger partial charge on any atom is 0.223 e. The van der Waals surface area contributed by atoms with E-state index >= 15 is 0 Å². The molecule has 1 aromatic heterocycles. The van der Waals surface area contributed by atoms with Crippen LogP contribution in [0.5, 0.6) is 5.75 Å². The topological polar surface area (TPSA) is 47.0 Å². The van der Waals surface area contributed by atoms with Gasteiger partial charge in [-0.25, -0.2) is 9.97 Å². The quantitative estimate of drug-likeness (QED) is 0.871. The number of methoxy groups -OCH3 is 1. The second-order valence-electron chi connectivity index (χ2n) is 3.38. The van der Waals surface area contributed by atoms with E-state index in [0.29, 0.717) is 16.0 Å². The molecule has 0 spiro atoms. The Hall–Kier alpha value is -1.46. The molecule has 0 aliphatic heterocycles. The van der Waals surface area contributed by atoms with E-state index in [0.717, 1.165) is 10.6 Å². The Bertz CT molecular complexity index is 551. The molecule has 0 saturated carbocycles. The Morgan fingerprint density at radius 1 is 1.39 bits per heavy atom. The zero-order valence-electron chi connectivity index (χ0n) is 9.98. The van der Waals surface area contributed by atoms with Gasteiger partial charge in [-0.1, -0.05) is 29.4 Å². The highest BCUT2D eigenvalue weighted by molar-refractivity contribution is 7.99. The molecule has 2 rings (SSSR count). The maximum absolute atomic E-state index is 6.07. The van der Waals surface area contributed by atoms with E-state index in [4.69, 9.17) is 16.3 Å². The van der Waals surface area contributed by atoms with Crippen LogP contribution in [0.1, 0.15) is 0 Å². The molecular formula is C12H12ClN3OS. The summed E-state index contributed by atoms with van der Waals surface area (Å²) in [5.41, 5.74) is 0. The first-order valence-electron chi connectivity index (χ1n) is 5.25. The summed E-state index contributed by atoms with van der Waals surface area (Å²) in [5.74, 6) is 1.35. The number of rotatable bonds is 4. The maximum atomic E-state index is 6.07. The fraction of sp³-hybridized carbons (Fsp3) is 0.167. The van der Waals surface area contributed by atoms with E-state index < -0.39 is 0 Å². The van der Waals surface area contributed by atoms with Crippen molar-refractivity contribution in [1.82, 2.24) is 9.97 Å². The number of benzene rings is 1. The lowest BCUT2D eigenvalue weighted by molar-refractivity contribution is 0.413. The highest BCUT2D eigenvalue weighted by Crippen LogP contribution is 2.33. The third-order valence-electron chi connectivity index (χ3n) is 2.19. The van der Waals surface area contributed by atoms with Crippen molar-refractivity contribution in [2.24, 2.45) is 0 Å². The van der Waals surface area contributed by atoms with E-state index in [1.54, 1.807) is 20.4 Å². The molecule has 0 radical (unpaired) electrons. The molecule has 6 heteroatoms. The third kappa shape index (κ3) is 3.05. The molecule has 0 bridgehead atoms. The van der Waals surface area contributed by atoms with Crippen molar-refractivity contribution in [2.75, 3.05) is 19.5 Å². The molecule has 0 atom stereocenters. The molecule has 0 unspecified atom stereocenters. The van der Waals surface area contributed by atoms with Crippen LogP contribution >= 0.6 is 23.4 Å². The van der Waals surface area contributed by atoms with Gasteiger partial charge < -0.3 is 10.1 Å². The summed E-state index contributed by atoms with van der Waals surface area (Å²) in [6.07, 6.45) is 1.59. The first-order chi connectivity index (χ1) is 8.72. The lowest BCUT2D eigenvalue weighted by atomic mass is 10.3. The van der Waals surface area contributed by atoms with Gasteiger partial charge in [0.2, 0.25) is 5.95 Å². The molecular weight excluding hydrogens is 270 g/mol. The molecule has 1 aromatic carbocycles. The molecule has 94 valence electrons. The van der Waals surface area contributed by atoms with Crippen molar-refractivity contribution >= 4 is 29.3 Å². The van der Waals surface area contributed by atoms with Crippen LogP contribution in [0, 0.1) is 0 Å². The fourth-order valence-electron chi connectivity index (χ4n) is 1.32. The van der Waals surface area contributed by atoms with E-state index in [-0.39, 0.29) is 0 Å². The number of nitrogens with one attached hydrogen (secondary N) is 1. The number of hydrogen-bond acceptors (Lipinski definition) is 5. The van der Waals surface area contributed by atoms with Crippen LogP contribution in [0.2, 0.25) is 5.02 Å². The molecule has 18 heavy (non-hydrogen) atoms. The van der Waals surface area contributed by atoms with Crippen molar-refractivity contribution in [1.29, 1.82) is 0 Å². The predicted octanol–water partition coefficient (Wildman–Crippen LogP) is 3.33. The Morgan fingerprint density at radius 3 is 2.94 bits per heavy atom. The predicted molar refractivity (Wildman–Crippen MR) is 73.7 cm³/mol. The van der Waals surface area contributed by atoms with Gasteiger partial charge in [-0.2, -0.15) is 0 Å². The average molecular weight is 282 g/mol. The zero-order valence-corrected chi connectivity index (χ0v) is 11.5. The van der Waals surface area contributed by atoms with Gasteiger partial charge >= 0.3 is 0 Å². The van der Waals surface area contributed by atoms with Crippen molar-refractivity contribution in [3.05, 3.63) is 35.5 Å². The fourth-order valence-corrected chi connectivity index (χ4v) is 2.35. The van der Waals surface area contributed by atoms with Crippen molar-refractivity contribution in [3.8, 4) is 5.75 Å². The lowest BCUT2D eigenvalue weighted by Crippen LogP contribution is -1.96. The van der Waals surface area contributed by atoms with E-state index in [1.807, 2.05) is 24.3 Å². The minimum atomic E-state index is 0.529. The number of aromatic nitrogens is 2. The second-order valence-corrected chi connectivity index (χ2v) is 4.85. The molecule has 2 aromatic rings. The smallest absolute Gasteiger partial charge is 0.223 e. The van der Waals surface area contributed by atoms with Gasteiger partial charge in [0.15, 0.2) is 0 Å². The molecule has 0 saturated heterocycles. The Morgan fingerprint density at radius 2 is 2.22 bits per heavy atom. The van der Waals surface area contributed by atoms with Crippen LogP contribution in [0.25, 0.3) is 0 Å². The van der Waals surface area contributed by atoms with Crippen LogP contribution in [0.4, 0.5) is 5.95 Å². The van der Waals surface area contributed by atoms with Gasteiger partial charge in [0.05, 0.1) is 18.3 Å². The first-order valence-corrected chi connectivity index (χ1v) is 6.44. The van der Waals surface area contributed by atoms with Crippen molar-refractivity contribution in [3.63, 3.8) is 0 Å². The highest BCUT2D eigenvalue weighted by Gasteiger charge is 2.07. The zero-order chi connectivity index (χ0) is 13.0. The normalized spacial score (nSPS) is 10.2. The monoisotopic (exact) mass is 281 g/mol. The van der Waals surface area contributed by atoms with Crippen LogP contribution in [0.3, 0.4) is 0 Å². The molecule has 0 fully saturated rings. The Balaban J connectivity index is 2.27. The molecule has 0 amide bonds. The van der Waals surface area contributed by atoms with Gasteiger partial charge in [-0.3, -0.25) is 0 Å². The largest absolute Gasteiger partial charge is 0.497 e. The highest BCUT2D eigenvalue weighted by atomic mass is 35.5.